The highest BCUT2D eigenvalue weighted by molar-refractivity contribution is 6.89. The Bertz CT molecular complexity index is 287. The first kappa shape index (κ1) is 11.8. The molecule has 72 valence electrons. The lowest BCUT2D eigenvalue weighted by Gasteiger charge is -2.16. The first-order chi connectivity index (χ1) is 5.78. The second-order valence-corrected chi connectivity index (χ2v) is 3.57. The Morgan fingerprint density at radius 1 is 1.38 bits per heavy atom. The Morgan fingerprint density at radius 3 is 2.08 bits per heavy atom. The van der Waals surface area contributed by atoms with Crippen LogP contribution in [-0.4, -0.2) is 27.3 Å². The number of ether oxygens (including phenoxy) is 1. The second kappa shape index (κ2) is 4.16. The smallest absolute Gasteiger partial charge is 0.451 e. The summed E-state index contributed by atoms with van der Waals surface area (Å²) in [5.74, 6) is -1.05. The number of halogens is 1. The van der Waals surface area contributed by atoms with Gasteiger partial charge in [-0.1, -0.05) is 0 Å². The predicted octanol–water partition coefficient (Wildman–Crippen LogP) is 0.764. The van der Waals surface area contributed by atoms with E-state index in [4.69, 9.17) is 21.9 Å². The van der Waals surface area contributed by atoms with Gasteiger partial charge in [-0.25, -0.2) is 4.79 Å². The summed E-state index contributed by atoms with van der Waals surface area (Å²) in [6, 6.07) is 0. The average Bonchev–Trinajstić information content (AvgIpc) is 1.82. The van der Waals surface area contributed by atoms with Crippen LogP contribution in [0.3, 0.4) is 0 Å². The normalized spacial score (nSPS) is 10.2. The summed E-state index contributed by atoms with van der Waals surface area (Å²) in [5, 5.41) is -1.16. The highest BCUT2D eigenvalue weighted by Crippen LogP contribution is 2.07. The minimum Gasteiger partial charge on any atom is -0.451 e. The van der Waals surface area contributed by atoms with Crippen molar-refractivity contribution in [2.45, 2.75) is 26.4 Å². The average molecular weight is 205 g/mol. The molecular weight excluding hydrogens is 196 g/mol. The number of rotatable bonds is 2. The van der Waals surface area contributed by atoms with Crippen LogP contribution in [0.15, 0.2) is 0 Å². The van der Waals surface area contributed by atoms with E-state index < -0.39 is 22.5 Å². The minimum atomic E-state index is -1.16. The molecule has 0 aliphatic heterocycles. The molecule has 0 bridgehead atoms. The Balaban J connectivity index is 4.62. The third-order valence-corrected chi connectivity index (χ3v) is 1.06. The monoisotopic (exact) mass is 204 g/mol. The van der Waals surface area contributed by atoms with Crippen molar-refractivity contribution in [2.75, 3.05) is 0 Å². The van der Waals surface area contributed by atoms with E-state index in [1.165, 1.54) is 0 Å². The molecule has 0 aromatic carbocycles. The van der Waals surface area contributed by atoms with Gasteiger partial charge >= 0.3 is 16.9 Å². The second-order valence-electron chi connectivity index (χ2n) is 3.22. The van der Waals surface area contributed by atoms with Gasteiger partial charge in [-0.2, -0.15) is 4.79 Å². The first-order valence-corrected chi connectivity index (χ1v) is 3.81. The molecule has 0 amide bonds. The van der Waals surface area contributed by atoms with Gasteiger partial charge in [-0.05, 0) is 32.4 Å². The van der Waals surface area contributed by atoms with Gasteiger partial charge in [0.25, 0.3) is 0 Å². The van der Waals surface area contributed by atoms with Gasteiger partial charge < -0.3 is 10.3 Å². The third kappa shape index (κ3) is 4.40. The Kier molecular flexibility index (Phi) is 3.78. The predicted molar refractivity (Wildman–Crippen MR) is 45.3 cm³/mol. The highest BCUT2D eigenvalue weighted by atomic mass is 35.5. The van der Waals surface area contributed by atoms with E-state index in [-0.39, 0.29) is 0 Å². The Hall–Kier alpha value is -1.19. The first-order valence-electron chi connectivity index (χ1n) is 3.43. The SMILES string of the molecule is CC(C)(C)OC(=O)C(=[N+]=[N-])C(=O)Cl. The zero-order valence-corrected chi connectivity index (χ0v) is 8.25. The van der Waals surface area contributed by atoms with Gasteiger partial charge in [0.1, 0.15) is 5.60 Å². The molecule has 0 rings (SSSR count). The van der Waals surface area contributed by atoms with Crippen molar-refractivity contribution in [2.24, 2.45) is 0 Å². The molecule has 0 fully saturated rings. The van der Waals surface area contributed by atoms with Crippen molar-refractivity contribution in [1.29, 1.82) is 0 Å². The van der Waals surface area contributed by atoms with Crippen molar-refractivity contribution in [3.8, 4) is 0 Å². The van der Waals surface area contributed by atoms with Crippen LogP contribution in [0.4, 0.5) is 0 Å². The summed E-state index contributed by atoms with van der Waals surface area (Å²) in [6.07, 6.45) is 0. The van der Waals surface area contributed by atoms with Crippen LogP contribution >= 0.6 is 11.6 Å². The quantitative estimate of drug-likeness (QED) is 0.166. The Labute approximate surface area is 80.3 Å². The summed E-state index contributed by atoms with van der Waals surface area (Å²) in [4.78, 5) is 23.9. The van der Waals surface area contributed by atoms with Crippen molar-refractivity contribution in [3.63, 3.8) is 0 Å². The molecule has 0 unspecified atom stereocenters. The summed E-state index contributed by atoms with van der Waals surface area (Å²) in [6.45, 7) is 4.83. The van der Waals surface area contributed by atoms with Crippen LogP contribution in [0.25, 0.3) is 5.53 Å². The molecule has 0 aromatic heterocycles. The number of esters is 1. The standard InChI is InChI=1S/C7H9ClN2O3/c1-7(2,3)13-6(12)4(10-9)5(8)11/h1-3H3. The number of nitrogens with zero attached hydrogens (tertiary/aromatic N) is 2. The molecule has 0 atom stereocenters. The van der Waals surface area contributed by atoms with Crippen LogP contribution in [-0.2, 0) is 14.3 Å². The van der Waals surface area contributed by atoms with Crippen LogP contribution in [0, 0.1) is 0 Å². The molecule has 0 spiro atoms. The molecule has 0 heterocycles. The molecule has 0 saturated heterocycles. The van der Waals surface area contributed by atoms with E-state index in [0.29, 0.717) is 0 Å². The van der Waals surface area contributed by atoms with E-state index in [1.807, 2.05) is 0 Å². The molecule has 6 heteroatoms. The highest BCUT2D eigenvalue weighted by Gasteiger charge is 2.32. The van der Waals surface area contributed by atoms with Crippen molar-refractivity contribution < 1.29 is 19.1 Å². The van der Waals surface area contributed by atoms with Crippen LogP contribution in [0.2, 0.25) is 0 Å². The minimum absolute atomic E-state index is 0.765. The lowest BCUT2D eigenvalue weighted by molar-refractivity contribution is -0.151. The summed E-state index contributed by atoms with van der Waals surface area (Å²) < 4.78 is 4.72. The summed E-state index contributed by atoms with van der Waals surface area (Å²) in [5.41, 5.74) is 6.66. The topological polar surface area (TPSA) is 79.8 Å². The summed E-state index contributed by atoms with van der Waals surface area (Å²) in [7, 11) is 0. The van der Waals surface area contributed by atoms with E-state index in [1.54, 1.807) is 20.8 Å². The largest absolute Gasteiger partial charge is 0.457 e. The van der Waals surface area contributed by atoms with Crippen LogP contribution in [0.5, 0.6) is 0 Å². The van der Waals surface area contributed by atoms with Gasteiger partial charge in [0.05, 0.1) is 0 Å². The van der Waals surface area contributed by atoms with Gasteiger partial charge in [0.15, 0.2) is 0 Å². The molecule has 0 aromatic rings. The third-order valence-electron chi connectivity index (χ3n) is 0.878. The Morgan fingerprint density at radius 2 is 1.85 bits per heavy atom. The van der Waals surface area contributed by atoms with Gasteiger partial charge in [-0.3, -0.25) is 4.79 Å². The van der Waals surface area contributed by atoms with Crippen molar-refractivity contribution in [3.05, 3.63) is 5.53 Å². The molecule has 5 nitrogen and oxygen atoms in total. The number of carbonyl (C=O) groups is 2. The molecule has 0 saturated carbocycles. The molecule has 13 heavy (non-hydrogen) atoms. The van der Waals surface area contributed by atoms with Crippen LogP contribution < -0.4 is 0 Å². The van der Waals surface area contributed by atoms with Crippen molar-refractivity contribution >= 4 is 28.5 Å². The zero-order valence-electron chi connectivity index (χ0n) is 7.50. The van der Waals surface area contributed by atoms with Gasteiger partial charge in [0, 0.05) is 0 Å². The van der Waals surface area contributed by atoms with E-state index in [0.717, 1.165) is 0 Å². The molecule has 0 aliphatic carbocycles. The maximum atomic E-state index is 11.0. The molecular formula is C7H9ClN2O3. The van der Waals surface area contributed by atoms with Gasteiger partial charge in [-0.15, -0.1) is 0 Å². The fourth-order valence-electron chi connectivity index (χ4n) is 0.487. The number of carbonyl (C=O) groups excluding carboxylic acids is 2. The maximum Gasteiger partial charge on any atom is 0.457 e. The zero-order chi connectivity index (χ0) is 10.6. The van der Waals surface area contributed by atoms with E-state index in [9.17, 15) is 9.59 Å². The number of hydrogen-bond acceptors (Lipinski definition) is 3. The van der Waals surface area contributed by atoms with E-state index in [2.05, 4.69) is 4.79 Å². The summed E-state index contributed by atoms with van der Waals surface area (Å²) >= 11 is 4.94. The number of hydrogen-bond donors (Lipinski definition) is 0. The maximum absolute atomic E-state index is 11.0. The molecule has 0 radical (unpaired) electrons. The fourth-order valence-corrected chi connectivity index (χ4v) is 0.602. The molecule has 0 N–H and O–H groups in total. The molecule has 0 aliphatic rings. The van der Waals surface area contributed by atoms with Crippen LogP contribution in [0.1, 0.15) is 20.8 Å². The lowest BCUT2D eigenvalue weighted by atomic mass is 10.2. The van der Waals surface area contributed by atoms with Crippen molar-refractivity contribution in [1.82, 2.24) is 0 Å². The van der Waals surface area contributed by atoms with E-state index >= 15 is 0 Å². The van der Waals surface area contributed by atoms with Gasteiger partial charge in [0.2, 0.25) is 0 Å². The fraction of sp³-hybridized carbons (Fsp3) is 0.571. The lowest BCUT2D eigenvalue weighted by Crippen LogP contribution is -2.32.